The second-order valence-electron chi connectivity index (χ2n) is 5.78. The molecule has 0 heterocycles. The Hall–Kier alpha value is -1.52. The SMILES string of the molecule is C=CCN(C(=O)N(CCC(=O)O)C(C)(C)C)C(C)C. The van der Waals surface area contributed by atoms with E-state index in [2.05, 4.69) is 6.58 Å². The summed E-state index contributed by atoms with van der Waals surface area (Å²) in [5, 5.41) is 8.79. The van der Waals surface area contributed by atoms with Crippen molar-refractivity contribution in [2.45, 2.75) is 52.6 Å². The van der Waals surface area contributed by atoms with Gasteiger partial charge in [-0.25, -0.2) is 4.79 Å². The first-order valence-corrected chi connectivity index (χ1v) is 6.52. The van der Waals surface area contributed by atoms with E-state index >= 15 is 0 Å². The van der Waals surface area contributed by atoms with Crippen LogP contribution in [0.15, 0.2) is 12.7 Å². The normalized spacial score (nSPS) is 11.3. The Bertz CT molecular complexity index is 332. The average Bonchev–Trinajstić information content (AvgIpc) is 2.22. The molecule has 0 aliphatic heterocycles. The molecule has 110 valence electrons. The Balaban J connectivity index is 5.07. The number of nitrogens with zero attached hydrogens (tertiary/aromatic N) is 2. The van der Waals surface area contributed by atoms with E-state index < -0.39 is 11.5 Å². The Morgan fingerprint density at radius 3 is 2.16 bits per heavy atom. The van der Waals surface area contributed by atoms with Gasteiger partial charge in [0.15, 0.2) is 0 Å². The number of carbonyl (C=O) groups excluding carboxylic acids is 1. The Morgan fingerprint density at radius 1 is 1.32 bits per heavy atom. The van der Waals surface area contributed by atoms with Gasteiger partial charge in [0.25, 0.3) is 0 Å². The molecule has 1 N–H and O–H groups in total. The standard InChI is InChI=1S/C14H26N2O3/c1-7-9-15(11(2)3)13(19)16(14(4,5)6)10-8-12(17)18/h7,11H,1,8-10H2,2-6H3,(H,17,18). The lowest BCUT2D eigenvalue weighted by Crippen LogP contribution is -2.54. The maximum atomic E-state index is 12.5. The minimum Gasteiger partial charge on any atom is -0.481 e. The smallest absolute Gasteiger partial charge is 0.320 e. The summed E-state index contributed by atoms with van der Waals surface area (Å²) in [6.07, 6.45) is 1.62. The number of hydrogen-bond acceptors (Lipinski definition) is 2. The molecule has 0 saturated heterocycles. The molecule has 0 aliphatic carbocycles. The Labute approximate surface area is 115 Å². The van der Waals surface area contributed by atoms with Crippen LogP contribution >= 0.6 is 0 Å². The highest BCUT2D eigenvalue weighted by atomic mass is 16.4. The molecule has 0 saturated carbocycles. The van der Waals surface area contributed by atoms with Crippen molar-refractivity contribution in [2.75, 3.05) is 13.1 Å². The first-order valence-electron chi connectivity index (χ1n) is 6.52. The fourth-order valence-electron chi connectivity index (χ4n) is 1.73. The van der Waals surface area contributed by atoms with Crippen molar-refractivity contribution in [2.24, 2.45) is 0 Å². The van der Waals surface area contributed by atoms with Gasteiger partial charge in [-0.1, -0.05) is 6.08 Å². The zero-order valence-corrected chi connectivity index (χ0v) is 12.6. The van der Waals surface area contributed by atoms with E-state index in [9.17, 15) is 9.59 Å². The van der Waals surface area contributed by atoms with Crippen molar-refractivity contribution in [1.29, 1.82) is 0 Å². The molecule has 0 radical (unpaired) electrons. The minimum absolute atomic E-state index is 0.0418. The van der Waals surface area contributed by atoms with Crippen molar-refractivity contribution in [3.05, 3.63) is 12.7 Å². The molecule has 0 fully saturated rings. The van der Waals surface area contributed by atoms with Crippen LogP contribution in [0.25, 0.3) is 0 Å². The van der Waals surface area contributed by atoms with Crippen LogP contribution in [-0.4, -0.2) is 51.6 Å². The number of aliphatic carboxylic acids is 1. The molecule has 0 aromatic heterocycles. The number of carboxylic acids is 1. The fourth-order valence-corrected chi connectivity index (χ4v) is 1.73. The molecule has 0 aliphatic rings. The van der Waals surface area contributed by atoms with Crippen LogP contribution in [0.2, 0.25) is 0 Å². The zero-order valence-electron chi connectivity index (χ0n) is 12.6. The maximum Gasteiger partial charge on any atom is 0.320 e. The molecule has 0 unspecified atom stereocenters. The van der Waals surface area contributed by atoms with Crippen LogP contribution in [-0.2, 0) is 4.79 Å². The summed E-state index contributed by atoms with van der Waals surface area (Å²) in [6.45, 7) is 13.9. The molecule has 5 nitrogen and oxygen atoms in total. The zero-order chi connectivity index (χ0) is 15.2. The van der Waals surface area contributed by atoms with Gasteiger partial charge in [0, 0.05) is 24.7 Å². The molecule has 0 rings (SSSR count). The van der Waals surface area contributed by atoms with Crippen LogP contribution in [0.5, 0.6) is 0 Å². The van der Waals surface area contributed by atoms with Crippen molar-refractivity contribution in [3.63, 3.8) is 0 Å². The summed E-state index contributed by atoms with van der Waals surface area (Å²) in [5.41, 5.74) is -0.416. The quantitative estimate of drug-likeness (QED) is 0.755. The number of carboxylic acid groups (broad SMARTS) is 1. The first kappa shape index (κ1) is 17.5. The fraction of sp³-hybridized carbons (Fsp3) is 0.714. The molecule has 5 heteroatoms. The van der Waals surface area contributed by atoms with Gasteiger partial charge in [-0.15, -0.1) is 6.58 Å². The Morgan fingerprint density at radius 2 is 1.84 bits per heavy atom. The van der Waals surface area contributed by atoms with E-state index in [4.69, 9.17) is 5.11 Å². The first-order chi connectivity index (χ1) is 8.61. The monoisotopic (exact) mass is 270 g/mol. The van der Waals surface area contributed by atoms with Crippen LogP contribution in [0, 0.1) is 0 Å². The van der Waals surface area contributed by atoms with E-state index in [1.54, 1.807) is 15.9 Å². The predicted octanol–water partition coefficient (Wildman–Crippen LogP) is 2.58. The summed E-state index contributed by atoms with van der Waals surface area (Å²) in [7, 11) is 0. The highest BCUT2D eigenvalue weighted by Gasteiger charge is 2.30. The predicted molar refractivity (Wildman–Crippen MR) is 76.1 cm³/mol. The molecule has 19 heavy (non-hydrogen) atoms. The van der Waals surface area contributed by atoms with Crippen molar-refractivity contribution >= 4 is 12.0 Å². The van der Waals surface area contributed by atoms with E-state index in [0.717, 1.165) is 0 Å². The van der Waals surface area contributed by atoms with Gasteiger partial charge >= 0.3 is 12.0 Å². The van der Waals surface area contributed by atoms with Gasteiger partial charge in [-0.2, -0.15) is 0 Å². The second-order valence-corrected chi connectivity index (χ2v) is 5.78. The number of hydrogen-bond donors (Lipinski definition) is 1. The molecule has 0 spiro atoms. The lowest BCUT2D eigenvalue weighted by Gasteiger charge is -2.40. The lowest BCUT2D eigenvalue weighted by atomic mass is 10.1. The van der Waals surface area contributed by atoms with Gasteiger partial charge in [0.05, 0.1) is 6.42 Å². The molecule has 2 amide bonds. The van der Waals surface area contributed by atoms with Crippen LogP contribution in [0.1, 0.15) is 41.0 Å². The van der Waals surface area contributed by atoms with Gasteiger partial charge < -0.3 is 14.9 Å². The Kier molecular flexibility index (Phi) is 6.59. The highest BCUT2D eigenvalue weighted by Crippen LogP contribution is 2.17. The van der Waals surface area contributed by atoms with Crippen molar-refractivity contribution in [3.8, 4) is 0 Å². The maximum absolute atomic E-state index is 12.5. The van der Waals surface area contributed by atoms with E-state index in [1.807, 2.05) is 34.6 Å². The molecular weight excluding hydrogens is 244 g/mol. The molecule has 0 aromatic carbocycles. The minimum atomic E-state index is -0.901. The third-order valence-corrected chi connectivity index (χ3v) is 2.78. The summed E-state index contributed by atoms with van der Waals surface area (Å²) in [5.74, 6) is -0.901. The van der Waals surface area contributed by atoms with Gasteiger partial charge in [0.2, 0.25) is 0 Å². The number of urea groups is 1. The summed E-state index contributed by atoms with van der Waals surface area (Å²) in [6, 6.07) is -0.108. The van der Waals surface area contributed by atoms with Crippen molar-refractivity contribution in [1.82, 2.24) is 9.80 Å². The third-order valence-electron chi connectivity index (χ3n) is 2.78. The average molecular weight is 270 g/mol. The van der Waals surface area contributed by atoms with Crippen LogP contribution in [0.4, 0.5) is 4.79 Å². The number of rotatable bonds is 6. The lowest BCUT2D eigenvalue weighted by molar-refractivity contribution is -0.137. The molecule has 0 atom stereocenters. The highest BCUT2D eigenvalue weighted by molar-refractivity contribution is 5.76. The van der Waals surface area contributed by atoms with Gasteiger partial charge in [0.1, 0.15) is 0 Å². The number of carbonyl (C=O) groups is 2. The molecule has 0 bridgehead atoms. The molecular formula is C14H26N2O3. The van der Waals surface area contributed by atoms with Crippen LogP contribution < -0.4 is 0 Å². The molecule has 0 aromatic rings. The van der Waals surface area contributed by atoms with Crippen LogP contribution in [0.3, 0.4) is 0 Å². The summed E-state index contributed by atoms with van der Waals surface area (Å²) >= 11 is 0. The third kappa shape index (κ3) is 5.77. The topological polar surface area (TPSA) is 60.9 Å². The van der Waals surface area contributed by atoms with Gasteiger partial charge in [-0.3, -0.25) is 4.79 Å². The van der Waals surface area contributed by atoms with E-state index in [1.165, 1.54) is 0 Å². The van der Waals surface area contributed by atoms with E-state index in [-0.39, 0.29) is 25.0 Å². The summed E-state index contributed by atoms with van der Waals surface area (Å²) in [4.78, 5) is 26.5. The number of amides is 2. The second kappa shape index (κ2) is 7.16. The van der Waals surface area contributed by atoms with Gasteiger partial charge in [-0.05, 0) is 34.6 Å². The van der Waals surface area contributed by atoms with Crippen molar-refractivity contribution < 1.29 is 14.7 Å². The van der Waals surface area contributed by atoms with E-state index in [0.29, 0.717) is 6.54 Å². The summed E-state index contributed by atoms with van der Waals surface area (Å²) < 4.78 is 0. The largest absolute Gasteiger partial charge is 0.481 e.